The third-order valence-electron chi connectivity index (χ3n) is 4.43. The highest BCUT2D eigenvalue weighted by Gasteiger charge is 2.22. The highest BCUT2D eigenvalue weighted by molar-refractivity contribution is 5.99. The monoisotopic (exact) mass is 349 g/mol. The molecule has 0 bridgehead atoms. The maximum Gasteiger partial charge on any atom is 0.336 e. The number of hydrogen-bond acceptors (Lipinski definition) is 5. The van der Waals surface area contributed by atoms with E-state index in [9.17, 15) is 19.8 Å². The van der Waals surface area contributed by atoms with Crippen LogP contribution in [0.3, 0.4) is 0 Å². The van der Waals surface area contributed by atoms with Crippen molar-refractivity contribution < 1.29 is 19.4 Å². The van der Waals surface area contributed by atoms with Gasteiger partial charge in [0.1, 0.15) is 11.2 Å². The molecule has 0 radical (unpaired) electrons. The van der Waals surface area contributed by atoms with Crippen molar-refractivity contribution in [1.82, 2.24) is 0 Å². The van der Waals surface area contributed by atoms with Gasteiger partial charge in [-0.15, -0.1) is 0 Å². The Morgan fingerprint density at radius 2 is 1.96 bits per heavy atom. The summed E-state index contributed by atoms with van der Waals surface area (Å²) in [5.74, 6) is -0.758. The molecule has 26 heavy (non-hydrogen) atoms. The van der Waals surface area contributed by atoms with Crippen LogP contribution in [0.1, 0.15) is 16.8 Å². The lowest BCUT2D eigenvalue weighted by Gasteiger charge is -2.17. The summed E-state index contributed by atoms with van der Waals surface area (Å²) in [5.41, 5.74) is 8.27. The molecule has 0 aromatic heterocycles. The van der Waals surface area contributed by atoms with Crippen LogP contribution in [-0.2, 0) is 0 Å². The summed E-state index contributed by atoms with van der Waals surface area (Å²) in [6.07, 6.45) is 3.04. The van der Waals surface area contributed by atoms with Gasteiger partial charge in [0.15, 0.2) is 5.43 Å². The van der Waals surface area contributed by atoms with Crippen molar-refractivity contribution in [3.63, 3.8) is 0 Å². The number of carboxylic acids is 1. The minimum Gasteiger partial charge on any atom is -0.478 e. The summed E-state index contributed by atoms with van der Waals surface area (Å²) < 4.78 is 5.80. The molecule has 1 aliphatic heterocycles. The van der Waals surface area contributed by atoms with Crippen LogP contribution in [-0.4, -0.2) is 22.3 Å². The van der Waals surface area contributed by atoms with Crippen LogP contribution in [0.2, 0.25) is 0 Å². The number of anilines is 1. The zero-order valence-corrected chi connectivity index (χ0v) is 13.6. The Balaban J connectivity index is 2.22. The Hall–Kier alpha value is -3.38. The lowest BCUT2D eigenvalue weighted by molar-refractivity contribution is 0.0697. The standard InChI is InChI=1S/C20H15NO5/c21-10-1-4-13(20(24)25)16(7-10)19-14-5-2-11(22)8-17(14)26-18-9-12(23)3-6-15(18)19/h1-2,4-9,12,23H,3,21H2,(H,24,25). The van der Waals surface area contributed by atoms with E-state index >= 15 is 0 Å². The van der Waals surface area contributed by atoms with Crippen molar-refractivity contribution in [2.45, 2.75) is 12.5 Å². The Labute approximate surface area is 147 Å². The third-order valence-corrected chi connectivity index (χ3v) is 4.43. The van der Waals surface area contributed by atoms with E-state index < -0.39 is 12.1 Å². The molecule has 6 heteroatoms. The molecule has 1 unspecified atom stereocenters. The number of aliphatic hydroxyl groups excluding tert-OH is 1. The largest absolute Gasteiger partial charge is 0.478 e. The van der Waals surface area contributed by atoms with Crippen LogP contribution in [0, 0.1) is 0 Å². The molecule has 0 fully saturated rings. The van der Waals surface area contributed by atoms with Crippen LogP contribution in [0.5, 0.6) is 0 Å². The van der Waals surface area contributed by atoms with E-state index in [2.05, 4.69) is 0 Å². The quantitative estimate of drug-likeness (QED) is 0.595. The van der Waals surface area contributed by atoms with Crippen LogP contribution < -0.4 is 21.8 Å². The van der Waals surface area contributed by atoms with E-state index in [0.717, 1.165) is 0 Å². The van der Waals surface area contributed by atoms with Crippen molar-refractivity contribution in [2.75, 3.05) is 5.73 Å². The van der Waals surface area contributed by atoms with Gasteiger partial charge in [-0.1, -0.05) is 6.08 Å². The van der Waals surface area contributed by atoms with E-state index in [1.165, 1.54) is 24.3 Å². The van der Waals surface area contributed by atoms with Gasteiger partial charge in [0.2, 0.25) is 0 Å². The van der Waals surface area contributed by atoms with Crippen molar-refractivity contribution in [3.8, 4) is 22.5 Å². The van der Waals surface area contributed by atoms with Crippen molar-refractivity contribution in [1.29, 1.82) is 0 Å². The van der Waals surface area contributed by atoms with Crippen molar-refractivity contribution in [3.05, 3.63) is 62.8 Å². The van der Waals surface area contributed by atoms with Crippen molar-refractivity contribution >= 4 is 23.8 Å². The minimum absolute atomic E-state index is 0.0969. The van der Waals surface area contributed by atoms with E-state index in [4.69, 9.17) is 10.2 Å². The number of carboxylic acid groups (broad SMARTS) is 1. The lowest BCUT2D eigenvalue weighted by Crippen LogP contribution is -2.34. The first kappa shape index (κ1) is 16.1. The number of rotatable bonds is 2. The average molecular weight is 349 g/mol. The molecular formula is C20H15NO5. The minimum atomic E-state index is -1.08. The predicted molar refractivity (Wildman–Crippen MR) is 97.2 cm³/mol. The van der Waals surface area contributed by atoms with Crippen LogP contribution >= 0.6 is 0 Å². The Morgan fingerprint density at radius 3 is 2.73 bits per heavy atom. The normalized spacial score (nSPS) is 15.8. The summed E-state index contributed by atoms with van der Waals surface area (Å²) in [4.78, 5) is 23.5. The first-order valence-electron chi connectivity index (χ1n) is 8.04. The molecule has 0 spiro atoms. The number of carbonyl (C=O) groups is 1. The van der Waals surface area contributed by atoms with Gasteiger partial charge < -0.3 is 20.4 Å². The zero-order valence-electron chi connectivity index (χ0n) is 13.6. The van der Waals surface area contributed by atoms with Gasteiger partial charge in [-0.25, -0.2) is 4.79 Å². The van der Waals surface area contributed by atoms with Crippen LogP contribution in [0.25, 0.3) is 34.6 Å². The number of benzene rings is 2. The van der Waals surface area contributed by atoms with E-state index in [-0.39, 0.29) is 11.0 Å². The lowest BCUT2D eigenvalue weighted by atomic mass is 9.90. The SMILES string of the molecule is Nc1ccc(C(=O)O)c(-c2c3ccc(=O)cc-3oc3c2=CCC(O)C=3)c1. The predicted octanol–water partition coefficient (Wildman–Crippen LogP) is 1.02. The molecule has 2 aliphatic carbocycles. The topological polar surface area (TPSA) is 114 Å². The molecule has 3 aliphatic rings. The van der Waals surface area contributed by atoms with Crippen LogP contribution in [0.15, 0.2) is 45.6 Å². The Kier molecular flexibility index (Phi) is 3.63. The number of nitrogens with two attached hydrogens (primary N) is 1. The number of aromatic carboxylic acids is 1. The molecule has 1 aromatic carbocycles. The van der Waals surface area contributed by atoms with Gasteiger partial charge in [-0.3, -0.25) is 4.79 Å². The molecule has 1 aromatic rings. The Morgan fingerprint density at radius 1 is 1.15 bits per heavy atom. The van der Waals surface area contributed by atoms with Gasteiger partial charge in [0, 0.05) is 28.1 Å². The molecular weight excluding hydrogens is 334 g/mol. The summed E-state index contributed by atoms with van der Waals surface area (Å²) in [6, 6.07) is 8.96. The highest BCUT2D eigenvalue weighted by Crippen LogP contribution is 2.32. The molecule has 1 atom stereocenters. The average Bonchev–Trinajstić information content (AvgIpc) is 2.59. The zero-order chi connectivity index (χ0) is 18.4. The van der Waals surface area contributed by atoms with Crippen molar-refractivity contribution in [2.24, 2.45) is 0 Å². The van der Waals surface area contributed by atoms with Crippen LogP contribution in [0.4, 0.5) is 5.69 Å². The molecule has 0 saturated heterocycles. The molecule has 0 saturated carbocycles. The summed E-state index contributed by atoms with van der Waals surface area (Å²) in [6.45, 7) is 0. The second-order valence-corrected chi connectivity index (χ2v) is 6.20. The fraction of sp³-hybridized carbons (Fsp3) is 0.100. The fourth-order valence-corrected chi connectivity index (χ4v) is 3.29. The van der Waals surface area contributed by atoms with Gasteiger partial charge in [-0.05, 0) is 48.4 Å². The number of nitrogen functional groups attached to an aromatic ring is 1. The summed E-state index contributed by atoms with van der Waals surface area (Å²) >= 11 is 0. The second kappa shape index (κ2) is 5.86. The number of fused-ring (bicyclic) bond motifs is 2. The van der Waals surface area contributed by atoms with E-state index in [1.807, 2.05) is 0 Å². The smallest absolute Gasteiger partial charge is 0.336 e. The molecule has 4 N–H and O–H groups in total. The highest BCUT2D eigenvalue weighted by atomic mass is 16.4. The number of aliphatic hydroxyl groups is 1. The molecule has 4 rings (SSSR count). The second-order valence-electron chi connectivity index (χ2n) is 6.20. The molecule has 1 heterocycles. The maximum absolute atomic E-state index is 11.8. The van der Waals surface area contributed by atoms with E-state index in [0.29, 0.717) is 45.2 Å². The molecule has 6 nitrogen and oxygen atoms in total. The van der Waals surface area contributed by atoms with E-state index in [1.54, 1.807) is 24.3 Å². The summed E-state index contributed by atoms with van der Waals surface area (Å²) in [5, 5.41) is 20.2. The van der Waals surface area contributed by atoms with Gasteiger partial charge >= 0.3 is 5.97 Å². The van der Waals surface area contributed by atoms with Gasteiger partial charge in [-0.2, -0.15) is 0 Å². The Bertz CT molecular complexity index is 1190. The summed E-state index contributed by atoms with van der Waals surface area (Å²) in [7, 11) is 0. The van der Waals surface area contributed by atoms with Gasteiger partial charge in [0.25, 0.3) is 0 Å². The molecule has 130 valence electrons. The fourth-order valence-electron chi connectivity index (χ4n) is 3.29. The van der Waals surface area contributed by atoms with Gasteiger partial charge in [0.05, 0.1) is 11.7 Å². The third kappa shape index (κ3) is 2.57. The molecule has 0 amide bonds. The first-order valence-corrected chi connectivity index (χ1v) is 8.04. The first-order chi connectivity index (χ1) is 12.4. The number of hydrogen-bond donors (Lipinski definition) is 3. The maximum atomic E-state index is 11.8.